The van der Waals surface area contributed by atoms with E-state index in [0.717, 1.165) is 6.42 Å². The average Bonchev–Trinajstić information content (AvgIpc) is 3.66. The number of carbonyl (C=O) groups is 4. The van der Waals surface area contributed by atoms with E-state index in [1.165, 1.54) is 48.5 Å². The lowest BCUT2D eigenvalue weighted by molar-refractivity contribution is -0.134. The molecule has 12 nitrogen and oxygen atoms in total. The van der Waals surface area contributed by atoms with Crippen molar-refractivity contribution in [2.75, 3.05) is 19.8 Å². The van der Waals surface area contributed by atoms with Gasteiger partial charge in [0.1, 0.15) is 23.7 Å². The molecule has 0 saturated carbocycles. The number of benzene rings is 3. The topological polar surface area (TPSA) is 164 Å². The highest BCUT2D eigenvalue weighted by molar-refractivity contribution is 5.92. The van der Waals surface area contributed by atoms with Crippen molar-refractivity contribution in [3.05, 3.63) is 95.1 Å². The molecule has 3 aromatic rings. The van der Waals surface area contributed by atoms with Crippen LogP contribution in [0.4, 0.5) is 0 Å². The molecule has 0 radical (unpaired) electrons. The van der Waals surface area contributed by atoms with E-state index in [0.29, 0.717) is 29.7 Å². The maximum atomic E-state index is 12.8. The lowest BCUT2D eigenvalue weighted by Gasteiger charge is -2.17. The highest BCUT2D eigenvalue weighted by atomic mass is 16.7. The van der Waals surface area contributed by atoms with Crippen molar-refractivity contribution in [1.82, 2.24) is 0 Å². The van der Waals surface area contributed by atoms with Crippen molar-refractivity contribution in [3.63, 3.8) is 0 Å². The van der Waals surface area contributed by atoms with Crippen LogP contribution in [0.25, 0.3) is 0 Å². The van der Waals surface area contributed by atoms with Gasteiger partial charge in [0.15, 0.2) is 12.2 Å². The van der Waals surface area contributed by atoms with E-state index in [9.17, 15) is 24.3 Å². The molecule has 0 amide bonds. The zero-order valence-electron chi connectivity index (χ0n) is 24.9. The first-order valence-electron chi connectivity index (χ1n) is 14.9. The van der Waals surface area contributed by atoms with Crippen molar-refractivity contribution in [3.8, 4) is 11.5 Å². The minimum absolute atomic E-state index is 0.0681. The molecule has 0 bridgehead atoms. The van der Waals surface area contributed by atoms with Gasteiger partial charge in [0.2, 0.25) is 0 Å². The number of aliphatic hydroxyl groups excluding tert-OH is 2. The zero-order chi connectivity index (χ0) is 32.5. The maximum absolute atomic E-state index is 12.8. The Morgan fingerprint density at radius 1 is 0.609 bits per heavy atom. The van der Waals surface area contributed by atoms with Crippen LogP contribution in [0.15, 0.2) is 72.8 Å². The first-order valence-corrected chi connectivity index (χ1v) is 14.9. The first-order chi connectivity index (χ1) is 22.3. The number of hydrogen-bond donors (Lipinski definition) is 2. The summed E-state index contributed by atoms with van der Waals surface area (Å²) in [4.78, 5) is 49.9. The van der Waals surface area contributed by atoms with Gasteiger partial charge in [-0.2, -0.15) is 0 Å². The number of ether oxygens (including phenoxy) is 6. The van der Waals surface area contributed by atoms with Crippen LogP contribution in [-0.4, -0.2) is 78.3 Å². The quantitative estimate of drug-likeness (QED) is 0.160. The molecule has 5 rings (SSSR count). The number of carbonyl (C=O) groups excluding carboxylic acids is 4. The Hall–Kier alpha value is -4.62. The van der Waals surface area contributed by atoms with Crippen LogP contribution in [0.3, 0.4) is 0 Å². The number of unbranched alkanes of at least 4 members (excludes halogenated alkanes) is 2. The maximum Gasteiger partial charge on any atom is 0.343 e. The third-order valence-corrected chi connectivity index (χ3v) is 7.51. The number of fused-ring (bicyclic) bond motifs is 1. The van der Waals surface area contributed by atoms with Gasteiger partial charge < -0.3 is 38.6 Å². The average molecular weight is 635 g/mol. The molecule has 46 heavy (non-hydrogen) atoms. The summed E-state index contributed by atoms with van der Waals surface area (Å²) >= 11 is 0. The largest absolute Gasteiger partial charge is 0.453 e. The van der Waals surface area contributed by atoms with Crippen molar-refractivity contribution in [1.29, 1.82) is 0 Å². The van der Waals surface area contributed by atoms with Crippen molar-refractivity contribution in [2.24, 2.45) is 0 Å². The molecule has 0 aromatic heterocycles. The van der Waals surface area contributed by atoms with Crippen LogP contribution in [0.5, 0.6) is 11.5 Å². The summed E-state index contributed by atoms with van der Waals surface area (Å²) in [6, 6.07) is 18.2. The molecule has 0 unspecified atom stereocenters. The fourth-order valence-electron chi connectivity index (χ4n) is 5.01. The first kappa shape index (κ1) is 32.8. The standard InChI is InChI=1S/C34H34O12/c35-17-3-1-2-4-29(37)43-25-13-9-23(10-14-25)32(38)44-26-15-11-24(12-16-26)34(40)46-28-20-42-30-27(19-41-31(28)30)45-33(39)22-7-5-21(18-36)6-8-22/h5-16,27-28,30-31,35-36H,1-4,17-20H2/t27-,28-,30-,31-/m1/s1. The van der Waals surface area contributed by atoms with Crippen LogP contribution >= 0.6 is 0 Å². The Balaban J connectivity index is 1.07. The van der Waals surface area contributed by atoms with E-state index in [1.807, 2.05) is 0 Å². The molecule has 12 heteroatoms. The molecule has 0 spiro atoms. The van der Waals surface area contributed by atoms with Crippen molar-refractivity contribution < 1.29 is 57.8 Å². The van der Waals surface area contributed by atoms with Crippen LogP contribution < -0.4 is 9.47 Å². The lowest BCUT2D eigenvalue weighted by atomic mass is 10.1. The second-order valence-corrected chi connectivity index (χ2v) is 10.8. The minimum Gasteiger partial charge on any atom is -0.453 e. The number of esters is 4. The summed E-state index contributed by atoms with van der Waals surface area (Å²) in [5.74, 6) is -1.70. The summed E-state index contributed by atoms with van der Waals surface area (Å²) in [6.07, 6.45) is -0.367. The Morgan fingerprint density at radius 2 is 1.09 bits per heavy atom. The number of aliphatic hydroxyl groups is 2. The van der Waals surface area contributed by atoms with Crippen LogP contribution in [0, 0.1) is 0 Å². The second-order valence-electron chi connectivity index (χ2n) is 10.8. The van der Waals surface area contributed by atoms with Gasteiger partial charge in [-0.3, -0.25) is 4.79 Å². The van der Waals surface area contributed by atoms with Gasteiger partial charge >= 0.3 is 23.9 Å². The minimum atomic E-state index is -0.712. The Morgan fingerprint density at radius 3 is 1.59 bits per heavy atom. The van der Waals surface area contributed by atoms with E-state index >= 15 is 0 Å². The summed E-state index contributed by atoms with van der Waals surface area (Å²) in [5.41, 5.74) is 1.46. The van der Waals surface area contributed by atoms with Crippen molar-refractivity contribution >= 4 is 23.9 Å². The van der Waals surface area contributed by atoms with Crippen LogP contribution in [-0.2, 0) is 30.3 Å². The predicted octanol–water partition coefficient (Wildman–Crippen LogP) is 3.40. The fourth-order valence-corrected chi connectivity index (χ4v) is 5.01. The number of rotatable bonds is 13. The Labute approximate surface area is 264 Å². The van der Waals surface area contributed by atoms with E-state index in [-0.39, 0.29) is 49.7 Å². The summed E-state index contributed by atoms with van der Waals surface area (Å²) in [6.45, 7) is 0.112. The lowest BCUT2D eigenvalue weighted by Crippen LogP contribution is -2.36. The summed E-state index contributed by atoms with van der Waals surface area (Å²) < 4.78 is 33.4. The van der Waals surface area contributed by atoms with Gasteiger partial charge in [-0.05, 0) is 79.1 Å². The molecule has 2 N–H and O–H groups in total. The van der Waals surface area contributed by atoms with Gasteiger partial charge in [-0.25, -0.2) is 14.4 Å². The summed E-state index contributed by atoms with van der Waals surface area (Å²) in [7, 11) is 0. The molecule has 2 heterocycles. The zero-order valence-corrected chi connectivity index (χ0v) is 24.9. The molecule has 0 aliphatic carbocycles. The fraction of sp³-hybridized carbons (Fsp3) is 0.353. The van der Waals surface area contributed by atoms with Gasteiger partial charge in [-0.15, -0.1) is 0 Å². The van der Waals surface area contributed by atoms with E-state index in [1.54, 1.807) is 24.3 Å². The highest BCUT2D eigenvalue weighted by Crippen LogP contribution is 2.31. The molecular formula is C34H34O12. The molecule has 2 aliphatic rings. The Bertz CT molecular complexity index is 1500. The smallest absolute Gasteiger partial charge is 0.343 e. The van der Waals surface area contributed by atoms with E-state index in [2.05, 4.69) is 0 Å². The van der Waals surface area contributed by atoms with Gasteiger partial charge in [0.25, 0.3) is 0 Å². The highest BCUT2D eigenvalue weighted by Gasteiger charge is 2.51. The monoisotopic (exact) mass is 634 g/mol. The second kappa shape index (κ2) is 15.6. The molecule has 2 saturated heterocycles. The van der Waals surface area contributed by atoms with Crippen LogP contribution in [0.1, 0.15) is 62.3 Å². The van der Waals surface area contributed by atoms with E-state index in [4.69, 9.17) is 33.5 Å². The molecule has 4 atom stereocenters. The van der Waals surface area contributed by atoms with Crippen molar-refractivity contribution in [2.45, 2.75) is 56.7 Å². The number of hydrogen-bond acceptors (Lipinski definition) is 12. The molecule has 2 fully saturated rings. The van der Waals surface area contributed by atoms with Gasteiger partial charge in [0.05, 0.1) is 36.5 Å². The molecule has 2 aliphatic heterocycles. The Kier molecular flexibility index (Phi) is 11.1. The molecule has 242 valence electrons. The predicted molar refractivity (Wildman–Crippen MR) is 159 cm³/mol. The van der Waals surface area contributed by atoms with Crippen LogP contribution in [0.2, 0.25) is 0 Å². The van der Waals surface area contributed by atoms with Gasteiger partial charge in [-0.1, -0.05) is 18.6 Å². The SMILES string of the molecule is O=C(CCCCCO)Oc1ccc(C(=O)Oc2ccc(C(=O)O[C@@H]3CO[C@H]4[C@@H]3OC[C@H]4OC(=O)c3ccc(CO)cc3)cc2)cc1. The van der Waals surface area contributed by atoms with E-state index < -0.39 is 48.3 Å². The summed E-state index contributed by atoms with van der Waals surface area (Å²) in [5, 5.41) is 18.0. The molecular weight excluding hydrogens is 600 g/mol. The normalized spacial score (nSPS) is 20.0. The molecule has 3 aromatic carbocycles. The third-order valence-electron chi connectivity index (χ3n) is 7.51. The van der Waals surface area contributed by atoms with Gasteiger partial charge in [0, 0.05) is 13.0 Å². The third kappa shape index (κ3) is 8.34.